The quantitative estimate of drug-likeness (QED) is 0.870. The van der Waals surface area contributed by atoms with Crippen molar-refractivity contribution in [3.63, 3.8) is 0 Å². The van der Waals surface area contributed by atoms with Gasteiger partial charge in [0.25, 0.3) is 0 Å². The molecule has 0 fully saturated rings. The normalized spacial score (nSPS) is 11.0. The van der Waals surface area contributed by atoms with E-state index in [1.807, 2.05) is 28.3 Å². The summed E-state index contributed by atoms with van der Waals surface area (Å²) in [6, 6.07) is 7.54. The Kier molecular flexibility index (Phi) is 4.61. The molecular weight excluding hydrogens is 305 g/mol. The lowest BCUT2D eigenvalue weighted by Gasteiger charge is -2.08. The number of rotatable bonds is 3. The Bertz CT molecular complexity index is 388. The minimum absolute atomic E-state index is 0.0827. The summed E-state index contributed by atoms with van der Waals surface area (Å²) >= 11 is 2.09. The third-order valence-corrected chi connectivity index (χ3v) is 2.42. The zero-order valence-corrected chi connectivity index (χ0v) is 10.7. The van der Waals surface area contributed by atoms with Crippen molar-refractivity contribution in [1.29, 1.82) is 0 Å². The van der Waals surface area contributed by atoms with Crippen molar-refractivity contribution in [2.45, 2.75) is 6.92 Å². The molecule has 0 aromatic heterocycles. The van der Waals surface area contributed by atoms with Crippen LogP contribution in [-0.2, 0) is 4.79 Å². The molecule has 0 spiro atoms. The summed E-state index contributed by atoms with van der Waals surface area (Å²) in [6.07, 6.45) is 0. The van der Waals surface area contributed by atoms with Gasteiger partial charge in [0.1, 0.15) is 5.75 Å². The van der Waals surface area contributed by atoms with Crippen molar-refractivity contribution in [2.75, 3.05) is 7.11 Å². The molecule has 1 N–H and O–H groups in total. The SMILES string of the molecule is COc1cccc(/C(=C\I)NC(C)=O)c1. The average molecular weight is 317 g/mol. The van der Waals surface area contributed by atoms with Gasteiger partial charge in [-0.05, 0) is 12.1 Å². The number of methoxy groups -OCH3 is 1. The number of hydrogen-bond donors (Lipinski definition) is 1. The molecule has 0 saturated carbocycles. The molecule has 0 unspecified atom stereocenters. The van der Waals surface area contributed by atoms with Crippen LogP contribution in [0.4, 0.5) is 0 Å². The lowest BCUT2D eigenvalue weighted by Crippen LogP contribution is -2.17. The van der Waals surface area contributed by atoms with Crippen LogP contribution in [-0.4, -0.2) is 13.0 Å². The van der Waals surface area contributed by atoms with Crippen LogP contribution in [0.3, 0.4) is 0 Å². The van der Waals surface area contributed by atoms with Gasteiger partial charge in [-0.25, -0.2) is 0 Å². The predicted octanol–water partition coefficient (Wildman–Crippen LogP) is 2.56. The standard InChI is InChI=1S/C11H12INO2/c1-8(14)13-11(7-12)9-4-3-5-10(6-9)15-2/h3-7H,1-2H3,(H,13,14)/b11-7+. The summed E-state index contributed by atoms with van der Waals surface area (Å²) < 4.78 is 6.94. The van der Waals surface area contributed by atoms with Gasteiger partial charge in [0, 0.05) is 16.6 Å². The molecule has 0 heterocycles. The molecule has 0 saturated heterocycles. The molecule has 0 aliphatic heterocycles. The summed E-state index contributed by atoms with van der Waals surface area (Å²) in [7, 11) is 1.62. The molecule has 0 aliphatic rings. The summed E-state index contributed by atoms with van der Waals surface area (Å²) in [5.41, 5.74) is 1.71. The minimum Gasteiger partial charge on any atom is -0.497 e. The fraction of sp³-hybridized carbons (Fsp3) is 0.182. The van der Waals surface area contributed by atoms with Gasteiger partial charge in [-0.15, -0.1) is 0 Å². The Hall–Kier alpha value is -1.04. The fourth-order valence-electron chi connectivity index (χ4n) is 1.14. The molecule has 1 aromatic carbocycles. The Morgan fingerprint density at radius 3 is 2.80 bits per heavy atom. The van der Waals surface area contributed by atoms with E-state index in [0.717, 1.165) is 17.0 Å². The molecule has 0 radical (unpaired) electrons. The highest BCUT2D eigenvalue weighted by Crippen LogP contribution is 2.19. The first kappa shape index (κ1) is 12.0. The number of ether oxygens (including phenoxy) is 1. The summed E-state index contributed by atoms with van der Waals surface area (Å²) in [4.78, 5) is 11.0. The number of amides is 1. The van der Waals surface area contributed by atoms with Crippen LogP contribution in [0.1, 0.15) is 12.5 Å². The number of carbonyl (C=O) groups excluding carboxylic acids is 1. The molecule has 0 atom stereocenters. The maximum atomic E-state index is 11.0. The van der Waals surface area contributed by atoms with Crippen LogP contribution in [0.15, 0.2) is 28.3 Å². The zero-order chi connectivity index (χ0) is 11.3. The highest BCUT2D eigenvalue weighted by atomic mass is 127. The zero-order valence-electron chi connectivity index (χ0n) is 8.58. The van der Waals surface area contributed by atoms with Gasteiger partial charge in [-0.2, -0.15) is 0 Å². The third-order valence-electron chi connectivity index (χ3n) is 1.80. The summed E-state index contributed by atoms with van der Waals surface area (Å²) in [6.45, 7) is 1.49. The predicted molar refractivity (Wildman–Crippen MR) is 68.8 cm³/mol. The molecule has 15 heavy (non-hydrogen) atoms. The first-order chi connectivity index (χ1) is 7.17. The Balaban J connectivity index is 2.97. The first-order valence-corrected chi connectivity index (χ1v) is 5.64. The molecule has 4 heteroatoms. The molecule has 1 amide bonds. The van der Waals surface area contributed by atoms with Gasteiger partial charge in [0.15, 0.2) is 0 Å². The number of nitrogens with one attached hydrogen (secondary N) is 1. The highest BCUT2D eigenvalue weighted by molar-refractivity contribution is 14.1. The second-order valence-corrected chi connectivity index (χ2v) is 3.56. The van der Waals surface area contributed by atoms with Gasteiger partial charge in [0.2, 0.25) is 5.91 Å². The van der Waals surface area contributed by atoms with Crippen molar-refractivity contribution in [2.24, 2.45) is 0 Å². The van der Waals surface area contributed by atoms with E-state index >= 15 is 0 Å². The maximum absolute atomic E-state index is 11.0. The van der Waals surface area contributed by atoms with Gasteiger partial charge in [-0.3, -0.25) is 4.79 Å². The van der Waals surface area contributed by atoms with Gasteiger partial charge in [-0.1, -0.05) is 34.7 Å². The lowest BCUT2D eigenvalue weighted by atomic mass is 10.1. The van der Waals surface area contributed by atoms with Crippen LogP contribution in [0.5, 0.6) is 5.75 Å². The van der Waals surface area contributed by atoms with E-state index in [2.05, 4.69) is 27.9 Å². The largest absolute Gasteiger partial charge is 0.497 e. The van der Waals surface area contributed by atoms with Gasteiger partial charge in [0.05, 0.1) is 12.8 Å². The molecule has 1 aromatic rings. The Morgan fingerprint density at radius 1 is 1.53 bits per heavy atom. The minimum atomic E-state index is -0.0827. The Labute approximate surface area is 103 Å². The van der Waals surface area contributed by atoms with E-state index < -0.39 is 0 Å². The van der Waals surface area contributed by atoms with Crippen molar-refractivity contribution < 1.29 is 9.53 Å². The number of benzene rings is 1. The van der Waals surface area contributed by atoms with Crippen LogP contribution in [0.2, 0.25) is 0 Å². The number of halogens is 1. The number of hydrogen-bond acceptors (Lipinski definition) is 2. The molecule has 3 nitrogen and oxygen atoms in total. The van der Waals surface area contributed by atoms with Crippen LogP contribution >= 0.6 is 22.6 Å². The summed E-state index contributed by atoms with van der Waals surface area (Å²) in [5.74, 6) is 0.689. The van der Waals surface area contributed by atoms with Crippen molar-refractivity contribution in [3.05, 3.63) is 33.9 Å². The van der Waals surface area contributed by atoms with E-state index in [1.165, 1.54) is 6.92 Å². The molecule has 0 aliphatic carbocycles. The van der Waals surface area contributed by atoms with Crippen LogP contribution in [0.25, 0.3) is 5.70 Å². The smallest absolute Gasteiger partial charge is 0.221 e. The highest BCUT2D eigenvalue weighted by Gasteiger charge is 2.03. The van der Waals surface area contributed by atoms with Crippen molar-refractivity contribution in [1.82, 2.24) is 5.32 Å². The van der Waals surface area contributed by atoms with Crippen molar-refractivity contribution >= 4 is 34.2 Å². The van der Waals surface area contributed by atoms with E-state index in [-0.39, 0.29) is 5.91 Å². The second-order valence-electron chi connectivity index (χ2n) is 2.94. The van der Waals surface area contributed by atoms with E-state index in [0.29, 0.717) is 0 Å². The van der Waals surface area contributed by atoms with Crippen LogP contribution in [0, 0.1) is 0 Å². The maximum Gasteiger partial charge on any atom is 0.221 e. The molecule has 0 bridgehead atoms. The average Bonchev–Trinajstić information content (AvgIpc) is 2.25. The molecule has 80 valence electrons. The molecular formula is C11H12INO2. The molecule has 1 rings (SSSR count). The first-order valence-electron chi connectivity index (χ1n) is 4.39. The van der Waals surface area contributed by atoms with E-state index in [9.17, 15) is 4.79 Å². The topological polar surface area (TPSA) is 38.3 Å². The van der Waals surface area contributed by atoms with Gasteiger partial charge < -0.3 is 10.1 Å². The summed E-state index contributed by atoms with van der Waals surface area (Å²) in [5, 5.41) is 2.76. The monoisotopic (exact) mass is 317 g/mol. The van der Waals surface area contributed by atoms with Crippen LogP contribution < -0.4 is 10.1 Å². The fourth-order valence-corrected chi connectivity index (χ4v) is 1.66. The number of carbonyl (C=O) groups is 1. The lowest BCUT2D eigenvalue weighted by molar-refractivity contribution is -0.117. The van der Waals surface area contributed by atoms with E-state index in [1.54, 1.807) is 7.11 Å². The van der Waals surface area contributed by atoms with E-state index in [4.69, 9.17) is 4.74 Å². The van der Waals surface area contributed by atoms with Crippen molar-refractivity contribution in [3.8, 4) is 5.75 Å². The third kappa shape index (κ3) is 3.54. The Morgan fingerprint density at radius 2 is 2.27 bits per heavy atom. The van der Waals surface area contributed by atoms with Gasteiger partial charge >= 0.3 is 0 Å². The second kappa shape index (κ2) is 5.75.